The lowest BCUT2D eigenvalue weighted by Crippen LogP contribution is -4.23. The van der Waals surface area contributed by atoms with Gasteiger partial charge in [0.1, 0.15) is 0 Å². The molecule has 0 aromatic heterocycles. The van der Waals surface area contributed by atoms with Crippen LogP contribution in [0.25, 0.3) is 0 Å². The van der Waals surface area contributed by atoms with Gasteiger partial charge in [-0.3, -0.25) is 10.3 Å². The fraction of sp³-hybridized carbons (Fsp3) is 1.00. The average Bonchev–Trinajstić information content (AvgIpc) is 1.63. The normalized spacial score (nSPS) is 10.2. The van der Waals surface area contributed by atoms with Crippen molar-refractivity contribution in [3.05, 3.63) is 0 Å². The summed E-state index contributed by atoms with van der Waals surface area (Å²) in [4.78, 5) is 0. The molecule has 0 aliphatic heterocycles. The van der Waals surface area contributed by atoms with E-state index in [1.165, 1.54) is 12.8 Å². The van der Waals surface area contributed by atoms with Crippen LogP contribution in [0.4, 0.5) is 0 Å². The maximum Gasteiger partial charge on any atom is 0.368 e. The number of nitrogens with two attached hydrogens (primary N) is 1. The van der Waals surface area contributed by atoms with Crippen LogP contribution in [0.2, 0.25) is 0 Å². The smallest absolute Gasteiger partial charge is 0.330 e. The van der Waals surface area contributed by atoms with E-state index in [1.807, 2.05) is 0 Å². The molecule has 0 radical (unpaired) electrons. The lowest BCUT2D eigenvalue weighted by molar-refractivity contribution is -1.92. The highest BCUT2D eigenvalue weighted by Gasteiger charge is 2.11. The molecular weight excluding hydrogens is 253 g/mol. The van der Waals surface area contributed by atoms with Crippen LogP contribution in [0.15, 0.2) is 0 Å². The van der Waals surface area contributed by atoms with Crippen LogP contribution in [-0.4, -0.2) is 9.98 Å². The minimum absolute atomic E-state index is 0.844. The minimum Gasteiger partial charge on any atom is -0.330 e. The molecule has 64 valence electrons. The van der Waals surface area contributed by atoms with Crippen molar-refractivity contribution in [2.45, 2.75) is 19.8 Å². The van der Waals surface area contributed by atoms with Crippen molar-refractivity contribution >= 4 is 0 Å². The molecule has 0 aromatic rings. The zero-order valence-corrected chi connectivity index (χ0v) is 7.91. The van der Waals surface area contributed by atoms with E-state index >= 15 is 0 Å². The van der Waals surface area contributed by atoms with Gasteiger partial charge in [-0.2, -0.15) is 0 Å². The van der Waals surface area contributed by atoms with E-state index in [-0.39, 0.29) is 0 Å². The number of rotatable bonds is 2. The van der Waals surface area contributed by atoms with E-state index in [1.54, 1.807) is 0 Å². The number of hydrogen-bond donors (Lipinski definition) is 2. The zero-order valence-electron chi connectivity index (χ0n) is 5.75. The molecule has 3 N–H and O–H groups in total. The first kappa shape index (κ1) is 13.1. The van der Waals surface area contributed by atoms with Crippen molar-refractivity contribution in [1.82, 2.24) is 0 Å². The van der Waals surface area contributed by atoms with E-state index in [0.717, 1.165) is 6.54 Å². The zero-order chi connectivity index (χ0) is 8.62. The van der Waals surface area contributed by atoms with E-state index < -0.39 is 20.1 Å². The minimum atomic E-state index is -5.69. The van der Waals surface area contributed by atoms with Crippen LogP contribution >= 0.6 is 0 Å². The highest BCUT2D eigenvalue weighted by Crippen LogP contribution is 1.77. The molecule has 0 spiro atoms. The van der Waals surface area contributed by atoms with Gasteiger partial charge >= 0.3 is 20.1 Å². The van der Waals surface area contributed by atoms with E-state index in [9.17, 15) is 0 Å². The Bertz CT molecular complexity index is 56.8. The molecule has 0 heterocycles. The summed E-state index contributed by atoms with van der Waals surface area (Å²) in [6, 6.07) is 0. The van der Waals surface area contributed by atoms with Gasteiger partial charge in [0.05, 0.1) is 0 Å². The van der Waals surface area contributed by atoms with E-state index in [4.69, 9.17) is 19.5 Å². The Morgan fingerprint density at radius 2 is 1.70 bits per heavy atom. The summed E-state index contributed by atoms with van der Waals surface area (Å²) < 4.78 is 33.2. The van der Waals surface area contributed by atoms with E-state index in [2.05, 4.69) is 6.92 Å². The summed E-state index contributed by atoms with van der Waals surface area (Å²) in [6.45, 7) is 2.98. The van der Waals surface area contributed by atoms with Gasteiger partial charge in [0, 0.05) is 3.44 Å². The molecule has 0 unspecified atom stereocenters. The maximum atomic E-state index is 8.73. The second-order valence-electron chi connectivity index (χ2n) is 1.54. The van der Waals surface area contributed by atoms with Crippen molar-refractivity contribution < 1.29 is 33.8 Å². The Hall–Kier alpha value is 0.530. The third kappa shape index (κ3) is 75.6. The Morgan fingerprint density at radius 1 is 1.40 bits per heavy atom. The summed E-state index contributed by atoms with van der Waals surface area (Å²) in [5.41, 5.74) is 5.14. The van der Waals surface area contributed by atoms with Gasteiger partial charge in [-0.15, -0.1) is 0 Å². The summed E-state index contributed by atoms with van der Waals surface area (Å²) in [6.07, 6.45) is 2.39. The molecule has 0 aliphatic carbocycles. The largest absolute Gasteiger partial charge is 0.368 e. The molecule has 0 amide bonds. The lowest BCUT2D eigenvalue weighted by Gasteiger charge is -1.93. The predicted octanol–water partition coefficient (Wildman–Crippen LogP) is -6.37. The van der Waals surface area contributed by atoms with Crippen LogP contribution in [0.1, 0.15) is 19.8 Å². The third-order valence-electron chi connectivity index (χ3n) is 0.558. The highest BCUT2D eigenvalue weighted by atomic mass is 127. The van der Waals surface area contributed by atoms with Crippen LogP contribution < -0.4 is 36.1 Å². The quantitative estimate of drug-likeness (QED) is 0.482. The summed E-state index contributed by atoms with van der Waals surface area (Å²) in [5, 5.41) is 0. The van der Waals surface area contributed by atoms with Gasteiger partial charge in [-0.25, -0.2) is 0 Å². The Balaban J connectivity index is 0. The van der Waals surface area contributed by atoms with Gasteiger partial charge in [-0.05, 0) is 13.0 Å². The molecule has 0 rings (SSSR count). The molecule has 0 aromatic carbocycles. The number of halogens is 1. The molecule has 0 fully saturated rings. The van der Waals surface area contributed by atoms with Crippen molar-refractivity contribution in [1.29, 1.82) is 0 Å². The Labute approximate surface area is 66.2 Å². The van der Waals surface area contributed by atoms with Crippen molar-refractivity contribution in [3.8, 4) is 0 Å². The van der Waals surface area contributed by atoms with Gasteiger partial charge < -0.3 is 5.73 Å². The first-order valence-corrected chi connectivity index (χ1v) is 6.35. The van der Waals surface area contributed by atoms with Gasteiger partial charge in [0.25, 0.3) is 0 Å². The van der Waals surface area contributed by atoms with Crippen molar-refractivity contribution in [2.24, 2.45) is 5.73 Å². The van der Waals surface area contributed by atoms with Crippen LogP contribution in [0.3, 0.4) is 0 Å². The molecule has 10 heavy (non-hydrogen) atoms. The number of hydrogen-bond acceptors (Lipinski definition) is 5. The standard InChI is InChI=1S/C4H11N.HIO4/c1-2-3-4-5;2-1(3,4)5/h2-5H2,1H3;2H. The van der Waals surface area contributed by atoms with Crippen molar-refractivity contribution in [3.63, 3.8) is 0 Å². The van der Waals surface area contributed by atoms with Gasteiger partial charge in [-0.1, -0.05) is 13.3 Å². The van der Waals surface area contributed by atoms with Gasteiger partial charge in [0.2, 0.25) is 0 Å². The van der Waals surface area contributed by atoms with Crippen LogP contribution in [-0.2, 0) is 0 Å². The second-order valence-corrected chi connectivity index (χ2v) is 3.80. The monoisotopic (exact) mass is 265 g/mol. The van der Waals surface area contributed by atoms with Gasteiger partial charge in [0.15, 0.2) is 0 Å². The first-order chi connectivity index (χ1) is 4.41. The third-order valence-corrected chi connectivity index (χ3v) is 0.558. The second kappa shape index (κ2) is 7.63. The molecule has 5 nitrogen and oxygen atoms in total. The summed E-state index contributed by atoms with van der Waals surface area (Å²) in [7, 11) is 0. The molecule has 0 atom stereocenters. The van der Waals surface area contributed by atoms with Crippen molar-refractivity contribution in [2.75, 3.05) is 6.54 Å². The average molecular weight is 265 g/mol. The molecule has 6 heteroatoms. The Kier molecular flexibility index (Phi) is 10.0. The molecule has 0 saturated heterocycles. The van der Waals surface area contributed by atoms with Crippen LogP contribution in [0, 0.1) is 0 Å². The highest BCUT2D eigenvalue weighted by molar-refractivity contribution is 4.29. The predicted molar refractivity (Wildman–Crippen MR) is 26.2 cm³/mol. The Morgan fingerprint density at radius 3 is 1.70 bits per heavy atom. The fourth-order valence-corrected chi connectivity index (χ4v) is 0.204. The molecule has 0 bridgehead atoms. The summed E-state index contributed by atoms with van der Waals surface area (Å²) >= 11 is -5.69. The lowest BCUT2D eigenvalue weighted by atomic mass is 10.3. The SMILES string of the molecule is CCCCN.[O-][I+3]([O-])([O-])O. The summed E-state index contributed by atoms with van der Waals surface area (Å²) in [5.74, 6) is 0. The fourth-order valence-electron chi connectivity index (χ4n) is 0.204. The maximum absolute atomic E-state index is 8.73. The molecular formula is C4H12INO4. The first-order valence-electron chi connectivity index (χ1n) is 2.75. The number of unbranched alkanes of at least 4 members (excludes halogenated alkanes) is 1. The van der Waals surface area contributed by atoms with Crippen LogP contribution in [0.5, 0.6) is 0 Å². The van der Waals surface area contributed by atoms with E-state index in [0.29, 0.717) is 0 Å². The molecule has 0 aliphatic rings. The molecule has 0 saturated carbocycles. The topological polar surface area (TPSA) is 115 Å².